The standard InChI is InChI=1S/C26H23N7O10S3/c1-3-27-25-28-13(2)29-26(31-25)30-19-12-16(44(35,36)37)10-15-11-20(45(38,39)40)22(23(34)21(15)19)33-32-18-9-8-14-6-4-5-7-17(14)24(18)46(41,42)43/h4-12,34H,3H2,1-2H3,(H,35,36,37)(H,38,39,40)(H,41,42,43)(H2,27,28,29,30,31)/p-3. The van der Waals surface area contributed by atoms with Gasteiger partial charge in [0.25, 0.3) is 0 Å². The molecule has 17 nitrogen and oxygen atoms in total. The van der Waals surface area contributed by atoms with Crippen molar-refractivity contribution < 1.29 is 44.0 Å². The fourth-order valence-corrected chi connectivity index (χ4v) is 6.56. The number of rotatable bonds is 9. The fraction of sp³-hybridized carbons (Fsp3) is 0.115. The third kappa shape index (κ3) is 6.56. The van der Waals surface area contributed by atoms with Crippen LogP contribution in [0.4, 0.5) is 29.0 Å². The number of benzene rings is 4. The molecule has 0 aliphatic heterocycles. The lowest BCUT2D eigenvalue weighted by Crippen LogP contribution is -2.08. The Bertz CT molecular complexity index is 2420. The number of nitrogens with one attached hydrogen (secondary N) is 2. The Morgan fingerprint density at radius 1 is 0.804 bits per heavy atom. The molecule has 0 unspecified atom stereocenters. The number of aryl methyl sites for hydroxylation is 1. The summed E-state index contributed by atoms with van der Waals surface area (Å²) in [5.74, 6) is -0.900. The molecule has 0 amide bonds. The number of aromatic nitrogens is 3. The molecule has 0 saturated heterocycles. The average Bonchev–Trinajstić information content (AvgIpc) is 2.94. The van der Waals surface area contributed by atoms with Crippen LogP contribution >= 0.6 is 0 Å². The minimum atomic E-state index is -5.50. The van der Waals surface area contributed by atoms with E-state index in [-0.39, 0.29) is 34.2 Å². The van der Waals surface area contributed by atoms with Crippen LogP contribution in [-0.2, 0) is 30.4 Å². The fourth-order valence-electron chi connectivity index (χ4n) is 4.56. The third-order valence-electron chi connectivity index (χ3n) is 6.38. The molecule has 240 valence electrons. The molecule has 0 fully saturated rings. The summed E-state index contributed by atoms with van der Waals surface area (Å²) in [4.78, 5) is 9.45. The lowest BCUT2D eigenvalue weighted by Gasteiger charge is -2.18. The first kappa shape index (κ1) is 32.5. The van der Waals surface area contributed by atoms with Gasteiger partial charge in [-0.05, 0) is 48.9 Å². The van der Waals surface area contributed by atoms with Gasteiger partial charge >= 0.3 is 0 Å². The molecule has 0 atom stereocenters. The van der Waals surface area contributed by atoms with Crippen molar-refractivity contribution in [2.24, 2.45) is 10.2 Å². The van der Waals surface area contributed by atoms with Gasteiger partial charge in [0.05, 0.1) is 20.4 Å². The van der Waals surface area contributed by atoms with Crippen molar-refractivity contribution in [2.75, 3.05) is 17.2 Å². The smallest absolute Gasteiger partial charge is 0.232 e. The van der Waals surface area contributed by atoms with Crippen molar-refractivity contribution in [3.63, 3.8) is 0 Å². The van der Waals surface area contributed by atoms with E-state index in [9.17, 15) is 44.0 Å². The lowest BCUT2D eigenvalue weighted by molar-refractivity contribution is 0.458. The second-order valence-electron chi connectivity index (χ2n) is 9.52. The van der Waals surface area contributed by atoms with E-state index in [1.165, 1.54) is 31.2 Å². The maximum atomic E-state index is 12.3. The molecule has 0 spiro atoms. The Morgan fingerprint density at radius 3 is 2.15 bits per heavy atom. The van der Waals surface area contributed by atoms with Crippen LogP contribution in [0.3, 0.4) is 0 Å². The molecule has 0 aliphatic rings. The number of nitrogens with zero attached hydrogens (tertiary/aromatic N) is 5. The summed E-state index contributed by atoms with van der Waals surface area (Å²) < 4.78 is 110. The zero-order valence-electron chi connectivity index (χ0n) is 23.5. The largest absolute Gasteiger partial charge is 0.744 e. The van der Waals surface area contributed by atoms with Gasteiger partial charge in [0.1, 0.15) is 47.6 Å². The SMILES string of the molecule is CCNc1nc(C)nc(Nc2cc(S(=O)(=O)[O-])cc3cc(S(=O)(=O)[O-])c(N=Nc4ccc5ccccc5c4S(=O)(=O)[O-])c(O)c23)n1. The van der Waals surface area contributed by atoms with E-state index in [0.29, 0.717) is 18.0 Å². The van der Waals surface area contributed by atoms with Crippen LogP contribution in [0.5, 0.6) is 5.75 Å². The number of phenolic OH excluding ortho intramolecular Hbond substituents is 1. The summed E-state index contributed by atoms with van der Waals surface area (Å²) in [6.45, 7) is 3.71. The van der Waals surface area contributed by atoms with Crippen LogP contribution in [0.25, 0.3) is 21.5 Å². The Morgan fingerprint density at radius 2 is 1.50 bits per heavy atom. The first-order valence-electron chi connectivity index (χ1n) is 12.9. The number of anilines is 3. The van der Waals surface area contributed by atoms with Crippen LogP contribution in [0.2, 0.25) is 0 Å². The van der Waals surface area contributed by atoms with E-state index in [2.05, 4.69) is 35.8 Å². The Kier molecular flexibility index (Phi) is 8.36. The van der Waals surface area contributed by atoms with Crippen LogP contribution in [0, 0.1) is 6.92 Å². The highest BCUT2D eigenvalue weighted by Crippen LogP contribution is 2.46. The first-order valence-corrected chi connectivity index (χ1v) is 17.1. The minimum Gasteiger partial charge on any atom is -0.744 e. The monoisotopic (exact) mass is 686 g/mol. The van der Waals surface area contributed by atoms with Gasteiger partial charge in [-0.3, -0.25) is 0 Å². The molecule has 0 radical (unpaired) electrons. The quantitative estimate of drug-likeness (QED) is 0.148. The maximum Gasteiger partial charge on any atom is 0.232 e. The normalized spacial score (nSPS) is 12.6. The summed E-state index contributed by atoms with van der Waals surface area (Å²) >= 11 is 0. The molecule has 4 aromatic carbocycles. The highest BCUT2D eigenvalue weighted by atomic mass is 32.2. The van der Waals surface area contributed by atoms with Crippen molar-refractivity contribution in [2.45, 2.75) is 28.5 Å². The molecule has 3 N–H and O–H groups in total. The Balaban J connectivity index is 1.80. The lowest BCUT2D eigenvalue weighted by atomic mass is 10.1. The average molecular weight is 687 g/mol. The van der Waals surface area contributed by atoms with Crippen molar-refractivity contribution in [1.82, 2.24) is 15.0 Å². The maximum absolute atomic E-state index is 12.3. The topological polar surface area (TPSA) is 279 Å². The van der Waals surface area contributed by atoms with Crippen molar-refractivity contribution >= 4 is 80.9 Å². The molecule has 1 heterocycles. The molecule has 5 aromatic rings. The summed E-state index contributed by atoms with van der Waals surface area (Å²) in [6.07, 6.45) is 0. The van der Waals surface area contributed by atoms with E-state index in [1.807, 2.05) is 0 Å². The van der Waals surface area contributed by atoms with E-state index in [4.69, 9.17) is 0 Å². The molecule has 0 aliphatic carbocycles. The second kappa shape index (κ2) is 11.8. The number of phenols is 1. The summed E-state index contributed by atoms with van der Waals surface area (Å²) in [6, 6.07) is 10.7. The predicted molar refractivity (Wildman–Crippen MR) is 160 cm³/mol. The van der Waals surface area contributed by atoms with Gasteiger partial charge in [0, 0.05) is 17.3 Å². The molecule has 0 bridgehead atoms. The molecular weight excluding hydrogens is 667 g/mol. The zero-order chi connectivity index (χ0) is 33.6. The number of aromatic hydroxyl groups is 1. The van der Waals surface area contributed by atoms with Gasteiger partial charge in [-0.15, -0.1) is 10.2 Å². The first-order chi connectivity index (χ1) is 21.5. The number of hydrogen-bond acceptors (Lipinski definition) is 17. The number of azo groups is 1. The molecule has 0 saturated carbocycles. The van der Waals surface area contributed by atoms with Gasteiger partial charge in [0.15, 0.2) is 5.75 Å². The van der Waals surface area contributed by atoms with Crippen LogP contribution in [-0.4, -0.2) is 65.5 Å². The third-order valence-corrected chi connectivity index (χ3v) is 8.97. The van der Waals surface area contributed by atoms with Crippen molar-refractivity contribution in [3.05, 3.63) is 60.4 Å². The number of fused-ring (bicyclic) bond motifs is 2. The summed E-state index contributed by atoms with van der Waals surface area (Å²) in [5.41, 5.74) is -1.85. The van der Waals surface area contributed by atoms with Gasteiger partial charge in [-0.2, -0.15) is 15.0 Å². The van der Waals surface area contributed by atoms with E-state index >= 15 is 0 Å². The Labute approximate surface area is 261 Å². The highest BCUT2D eigenvalue weighted by molar-refractivity contribution is 7.86. The van der Waals surface area contributed by atoms with Crippen LogP contribution in [0.15, 0.2) is 79.5 Å². The van der Waals surface area contributed by atoms with Gasteiger partial charge < -0.3 is 29.4 Å². The molecule has 5 rings (SSSR count). The van der Waals surface area contributed by atoms with Crippen molar-refractivity contribution in [3.8, 4) is 5.75 Å². The van der Waals surface area contributed by atoms with E-state index < -0.39 is 67.6 Å². The van der Waals surface area contributed by atoms with E-state index in [0.717, 1.165) is 18.2 Å². The van der Waals surface area contributed by atoms with Gasteiger partial charge in [-0.25, -0.2) is 25.3 Å². The predicted octanol–water partition coefficient (Wildman–Crippen LogP) is 3.50. The zero-order valence-corrected chi connectivity index (χ0v) is 25.9. The second-order valence-corrected chi connectivity index (χ2v) is 13.6. The summed E-state index contributed by atoms with van der Waals surface area (Å²) in [7, 11) is -15.9. The molecular formula is C26H20N7O10S3-3. The molecule has 1 aromatic heterocycles. The van der Waals surface area contributed by atoms with E-state index in [1.54, 1.807) is 13.0 Å². The van der Waals surface area contributed by atoms with Crippen LogP contribution in [0.1, 0.15) is 12.7 Å². The van der Waals surface area contributed by atoms with Gasteiger partial charge in [-0.1, -0.05) is 30.3 Å². The Hall–Kier alpha value is -4.86. The van der Waals surface area contributed by atoms with Gasteiger partial charge in [0.2, 0.25) is 11.9 Å². The van der Waals surface area contributed by atoms with Crippen molar-refractivity contribution in [1.29, 1.82) is 0 Å². The summed E-state index contributed by atoms with van der Waals surface area (Å²) in [5, 5.41) is 23.9. The van der Waals surface area contributed by atoms with Crippen LogP contribution < -0.4 is 10.6 Å². The highest BCUT2D eigenvalue weighted by Gasteiger charge is 2.23. The number of hydrogen-bond donors (Lipinski definition) is 3. The molecule has 20 heteroatoms. The minimum absolute atomic E-state index is 0.0178. The molecule has 46 heavy (non-hydrogen) atoms.